The van der Waals surface area contributed by atoms with Gasteiger partial charge in [-0.3, -0.25) is 0 Å². The molecule has 28 heavy (non-hydrogen) atoms. The number of fused-ring (bicyclic) bond motifs is 1. The largest absolute Gasteiger partial charge is 0.338 e. The second-order valence-corrected chi connectivity index (χ2v) is 9.47. The van der Waals surface area contributed by atoms with Crippen LogP contribution in [0.2, 0.25) is 0 Å². The van der Waals surface area contributed by atoms with Crippen LogP contribution in [0, 0.1) is 6.92 Å². The fourth-order valence-corrected chi connectivity index (χ4v) is 5.56. The molecule has 0 N–H and O–H groups in total. The molecule has 2 aromatic rings. The van der Waals surface area contributed by atoms with Gasteiger partial charge in [0, 0.05) is 21.7 Å². The van der Waals surface area contributed by atoms with E-state index < -0.39 is 0 Å². The highest BCUT2D eigenvalue weighted by molar-refractivity contribution is 8.03. The number of hydrogen-bond donors (Lipinski definition) is 0. The molecule has 0 unspecified atom stereocenters. The van der Waals surface area contributed by atoms with E-state index in [9.17, 15) is 0 Å². The minimum absolute atomic E-state index is 1.11. The van der Waals surface area contributed by atoms with E-state index in [1.165, 1.54) is 43.6 Å². The monoisotopic (exact) mass is 403 g/mol. The van der Waals surface area contributed by atoms with Gasteiger partial charge in [0.1, 0.15) is 0 Å². The molecule has 0 spiro atoms. The third kappa shape index (κ3) is 4.31. The van der Waals surface area contributed by atoms with Crippen molar-refractivity contribution in [3.05, 3.63) is 100.0 Å². The third-order valence-corrected chi connectivity index (χ3v) is 7.29. The lowest BCUT2D eigenvalue weighted by atomic mass is 9.95. The first-order chi connectivity index (χ1) is 13.6. The van der Waals surface area contributed by atoms with E-state index in [2.05, 4.69) is 92.2 Å². The van der Waals surface area contributed by atoms with Gasteiger partial charge in [0.25, 0.3) is 0 Å². The van der Waals surface area contributed by atoms with Gasteiger partial charge in [0.2, 0.25) is 0 Å². The first-order valence-corrected chi connectivity index (χ1v) is 11.3. The Hall–Kier alpha value is -2.10. The average Bonchev–Trinajstić information content (AvgIpc) is 3.00. The normalized spacial score (nSPS) is 19.1. The van der Waals surface area contributed by atoms with E-state index in [1.807, 2.05) is 11.8 Å². The van der Waals surface area contributed by atoms with Crippen molar-refractivity contribution in [3.63, 3.8) is 0 Å². The van der Waals surface area contributed by atoms with E-state index in [0.717, 1.165) is 17.7 Å². The number of para-hydroxylation sites is 1. The van der Waals surface area contributed by atoms with Gasteiger partial charge in [-0.15, -0.1) is 0 Å². The molecular weight excluding hydrogens is 378 g/mol. The van der Waals surface area contributed by atoms with Crippen molar-refractivity contribution in [2.45, 2.75) is 36.0 Å². The van der Waals surface area contributed by atoms with Crippen molar-refractivity contribution < 1.29 is 0 Å². The van der Waals surface area contributed by atoms with Crippen molar-refractivity contribution in [2.75, 3.05) is 11.9 Å². The number of nitrogens with zero attached hydrogens (tertiary/aromatic N) is 1. The van der Waals surface area contributed by atoms with Gasteiger partial charge in [-0.2, -0.15) is 0 Å². The third-order valence-electron chi connectivity index (χ3n) is 5.06. The molecular formula is C25H25NS2. The van der Waals surface area contributed by atoms with E-state index in [1.54, 1.807) is 11.8 Å². The van der Waals surface area contributed by atoms with Gasteiger partial charge in [0.05, 0.1) is 10.7 Å². The molecule has 1 heterocycles. The maximum absolute atomic E-state index is 4.28. The number of thioether (sulfide) groups is 2. The Morgan fingerprint density at radius 3 is 2.71 bits per heavy atom. The van der Waals surface area contributed by atoms with Crippen molar-refractivity contribution in [2.24, 2.45) is 0 Å². The zero-order valence-electron chi connectivity index (χ0n) is 16.4. The molecule has 2 aromatic carbocycles. The molecule has 1 aliphatic carbocycles. The van der Waals surface area contributed by atoms with Crippen LogP contribution in [-0.4, -0.2) is 7.05 Å². The Kier molecular flexibility index (Phi) is 5.84. The quantitative estimate of drug-likeness (QED) is 0.481. The number of hydrogen-bond acceptors (Lipinski definition) is 3. The molecule has 1 aliphatic heterocycles. The number of allylic oxidation sites excluding steroid dienone is 5. The molecule has 0 atom stereocenters. The van der Waals surface area contributed by atoms with Crippen LogP contribution in [0.3, 0.4) is 0 Å². The smallest absolute Gasteiger partial charge is 0.0801 e. The van der Waals surface area contributed by atoms with Crippen LogP contribution < -0.4 is 4.90 Å². The maximum atomic E-state index is 4.28. The second kappa shape index (κ2) is 8.50. The summed E-state index contributed by atoms with van der Waals surface area (Å²) in [4.78, 5) is 6.03. The SMILES string of the molecule is C=C(/C=C1C=C(/C=C2\Sc3ccccc3N2C)CCC/1)Sc1ccccc1C. The predicted molar refractivity (Wildman–Crippen MR) is 125 cm³/mol. The molecule has 1 nitrogen and oxygen atoms in total. The predicted octanol–water partition coefficient (Wildman–Crippen LogP) is 7.72. The molecule has 0 bridgehead atoms. The van der Waals surface area contributed by atoms with Crippen LogP contribution in [0.4, 0.5) is 5.69 Å². The summed E-state index contributed by atoms with van der Waals surface area (Å²) in [5.41, 5.74) is 5.40. The Morgan fingerprint density at radius 2 is 1.89 bits per heavy atom. The van der Waals surface area contributed by atoms with Crippen LogP contribution in [0.25, 0.3) is 0 Å². The van der Waals surface area contributed by atoms with Crippen LogP contribution in [-0.2, 0) is 0 Å². The zero-order valence-corrected chi connectivity index (χ0v) is 18.1. The average molecular weight is 404 g/mol. The Labute approximate surface area is 176 Å². The fraction of sp³-hybridized carbons (Fsp3) is 0.200. The molecule has 0 saturated carbocycles. The van der Waals surface area contributed by atoms with E-state index in [4.69, 9.17) is 0 Å². The second-order valence-electron chi connectivity index (χ2n) is 7.24. The summed E-state index contributed by atoms with van der Waals surface area (Å²) in [5, 5.41) is 1.31. The van der Waals surface area contributed by atoms with Crippen LogP contribution in [0.15, 0.2) is 104 Å². The summed E-state index contributed by atoms with van der Waals surface area (Å²) in [6.45, 7) is 6.44. The van der Waals surface area contributed by atoms with Crippen molar-refractivity contribution in [1.29, 1.82) is 0 Å². The topological polar surface area (TPSA) is 3.24 Å². The number of anilines is 1. The molecule has 0 radical (unpaired) electrons. The maximum Gasteiger partial charge on any atom is 0.0801 e. The molecule has 0 fully saturated rings. The van der Waals surface area contributed by atoms with E-state index >= 15 is 0 Å². The summed E-state index contributed by atoms with van der Waals surface area (Å²) in [5.74, 6) is 0. The molecule has 142 valence electrons. The van der Waals surface area contributed by atoms with E-state index in [0.29, 0.717) is 0 Å². The van der Waals surface area contributed by atoms with Crippen LogP contribution in [0.5, 0.6) is 0 Å². The highest BCUT2D eigenvalue weighted by Gasteiger charge is 2.21. The minimum Gasteiger partial charge on any atom is -0.338 e. The zero-order chi connectivity index (χ0) is 19.5. The summed E-state index contributed by atoms with van der Waals surface area (Å²) in [6.07, 6.45) is 10.4. The Balaban J connectivity index is 1.50. The lowest BCUT2D eigenvalue weighted by Gasteiger charge is -2.17. The lowest BCUT2D eigenvalue weighted by molar-refractivity contribution is 0.797. The summed E-state index contributed by atoms with van der Waals surface area (Å²) in [6, 6.07) is 17.1. The lowest BCUT2D eigenvalue weighted by Crippen LogP contribution is -2.10. The molecule has 0 saturated heterocycles. The molecule has 2 aliphatic rings. The fourth-order valence-electron chi connectivity index (χ4n) is 3.56. The number of rotatable bonds is 4. The molecule has 0 aromatic heterocycles. The summed E-state index contributed by atoms with van der Waals surface area (Å²) in [7, 11) is 2.16. The molecule has 4 rings (SSSR count). The van der Waals surface area contributed by atoms with Gasteiger partial charge < -0.3 is 4.90 Å². The summed E-state index contributed by atoms with van der Waals surface area (Å²) >= 11 is 3.62. The highest BCUT2D eigenvalue weighted by Crippen LogP contribution is 2.45. The number of aryl methyl sites for hydroxylation is 1. The van der Waals surface area contributed by atoms with Gasteiger partial charge in [-0.1, -0.05) is 66.5 Å². The van der Waals surface area contributed by atoms with Crippen LogP contribution in [0.1, 0.15) is 24.8 Å². The van der Waals surface area contributed by atoms with Gasteiger partial charge in [-0.05, 0) is 73.2 Å². The van der Waals surface area contributed by atoms with Crippen molar-refractivity contribution >= 4 is 29.2 Å². The highest BCUT2D eigenvalue weighted by atomic mass is 32.2. The van der Waals surface area contributed by atoms with Gasteiger partial charge >= 0.3 is 0 Å². The summed E-state index contributed by atoms with van der Waals surface area (Å²) < 4.78 is 0. The Morgan fingerprint density at radius 1 is 1.11 bits per heavy atom. The van der Waals surface area contributed by atoms with Gasteiger partial charge in [0.15, 0.2) is 0 Å². The Bertz CT molecular complexity index is 997. The van der Waals surface area contributed by atoms with Crippen molar-refractivity contribution in [1.82, 2.24) is 0 Å². The van der Waals surface area contributed by atoms with Crippen LogP contribution >= 0.6 is 23.5 Å². The number of benzene rings is 2. The first-order valence-electron chi connectivity index (χ1n) is 9.66. The molecule has 3 heteroatoms. The van der Waals surface area contributed by atoms with Gasteiger partial charge in [-0.25, -0.2) is 0 Å². The standard InChI is InChI=1S/C25H25NS2/c1-18-9-4-6-13-23(18)27-19(2)15-20-10-8-11-21(16-20)17-25-26(3)22-12-5-7-14-24(22)28-25/h4-7,9,12-17H,2,8,10-11H2,1,3H3/b20-15+,25-17-. The van der Waals surface area contributed by atoms with Crippen molar-refractivity contribution in [3.8, 4) is 0 Å². The first kappa shape index (κ1) is 19.2. The minimum atomic E-state index is 1.11. The molecule has 0 amide bonds. The van der Waals surface area contributed by atoms with E-state index in [-0.39, 0.29) is 0 Å².